The highest BCUT2D eigenvalue weighted by Gasteiger charge is 2.30. The summed E-state index contributed by atoms with van der Waals surface area (Å²) >= 11 is 1.61. The molecule has 2 heterocycles. The van der Waals surface area contributed by atoms with Gasteiger partial charge < -0.3 is 5.32 Å². The second kappa shape index (κ2) is 8.39. The van der Waals surface area contributed by atoms with E-state index in [1.54, 1.807) is 17.4 Å². The smallest absolute Gasteiger partial charge is 0.365 e. The van der Waals surface area contributed by atoms with Crippen LogP contribution in [0.4, 0.5) is 18.3 Å². The lowest BCUT2D eigenvalue weighted by Gasteiger charge is -2.32. The Kier molecular flexibility index (Phi) is 6.19. The van der Waals surface area contributed by atoms with Gasteiger partial charge in [0.15, 0.2) is 5.13 Å². The molecule has 2 aromatic rings. The molecule has 1 aliphatic rings. The minimum atomic E-state index is -4.27. The van der Waals surface area contributed by atoms with Crippen LogP contribution in [-0.4, -0.2) is 30.0 Å². The standard InChI is InChI=1S/C19H24F3N3S/c1-23-18-24-17(13-26-18)12-25-9-3-5-15(11-25)8-7-14-4-2-6-16(10-14)19(20,21)22/h2,4,6,10,13,15H,3,5,7-9,11-12H2,1H3,(H,23,24)/t15-/m0/s1. The summed E-state index contributed by atoms with van der Waals surface area (Å²) in [5, 5.41) is 6.07. The molecule has 0 bridgehead atoms. The zero-order valence-corrected chi connectivity index (χ0v) is 15.7. The lowest BCUT2D eigenvalue weighted by atomic mass is 9.91. The minimum Gasteiger partial charge on any atom is -0.365 e. The van der Waals surface area contributed by atoms with Crippen LogP contribution in [0.2, 0.25) is 0 Å². The van der Waals surface area contributed by atoms with Crippen LogP contribution in [0.25, 0.3) is 0 Å². The number of likely N-dealkylation sites (tertiary alicyclic amines) is 1. The number of alkyl halides is 3. The average molecular weight is 383 g/mol. The summed E-state index contributed by atoms with van der Waals surface area (Å²) in [5.41, 5.74) is 1.30. The lowest BCUT2D eigenvalue weighted by molar-refractivity contribution is -0.137. The molecule has 7 heteroatoms. The largest absolute Gasteiger partial charge is 0.416 e. The highest BCUT2D eigenvalue weighted by Crippen LogP contribution is 2.30. The number of anilines is 1. The van der Waals surface area contributed by atoms with Crippen LogP contribution in [0.15, 0.2) is 29.6 Å². The number of benzene rings is 1. The van der Waals surface area contributed by atoms with Crippen LogP contribution < -0.4 is 5.32 Å². The maximum atomic E-state index is 12.8. The number of piperidine rings is 1. The fourth-order valence-electron chi connectivity index (χ4n) is 3.53. The van der Waals surface area contributed by atoms with Crippen molar-refractivity contribution >= 4 is 16.5 Å². The molecule has 0 spiro atoms. The predicted molar refractivity (Wildman–Crippen MR) is 99.4 cm³/mol. The summed E-state index contributed by atoms with van der Waals surface area (Å²) in [6.45, 7) is 2.90. The van der Waals surface area contributed by atoms with E-state index in [-0.39, 0.29) is 0 Å². The molecule has 1 aromatic heterocycles. The third-order valence-corrected chi connectivity index (χ3v) is 5.76. The van der Waals surface area contributed by atoms with Gasteiger partial charge in [-0.15, -0.1) is 11.3 Å². The Morgan fingerprint density at radius 3 is 2.92 bits per heavy atom. The molecule has 0 radical (unpaired) electrons. The van der Waals surface area contributed by atoms with Crippen LogP contribution >= 0.6 is 11.3 Å². The molecule has 1 aliphatic heterocycles. The summed E-state index contributed by atoms with van der Waals surface area (Å²) in [7, 11) is 1.87. The van der Waals surface area contributed by atoms with Crippen LogP contribution in [0.5, 0.6) is 0 Å². The van der Waals surface area contributed by atoms with Gasteiger partial charge in [-0.3, -0.25) is 4.90 Å². The summed E-state index contributed by atoms with van der Waals surface area (Å²) in [4.78, 5) is 6.94. The number of aryl methyl sites for hydroxylation is 1. The number of halogens is 3. The van der Waals surface area contributed by atoms with Crippen LogP contribution in [0.1, 0.15) is 36.1 Å². The third-order valence-electron chi connectivity index (χ3n) is 4.85. The maximum absolute atomic E-state index is 12.8. The zero-order chi connectivity index (χ0) is 18.6. The van der Waals surface area contributed by atoms with E-state index in [0.29, 0.717) is 12.3 Å². The van der Waals surface area contributed by atoms with E-state index in [4.69, 9.17) is 0 Å². The van der Waals surface area contributed by atoms with E-state index >= 15 is 0 Å². The topological polar surface area (TPSA) is 28.2 Å². The Bertz CT molecular complexity index is 714. The fourth-order valence-corrected chi connectivity index (χ4v) is 4.19. The van der Waals surface area contributed by atoms with E-state index in [9.17, 15) is 13.2 Å². The first kappa shape index (κ1) is 19.2. The number of nitrogens with zero attached hydrogens (tertiary/aromatic N) is 2. The quantitative estimate of drug-likeness (QED) is 0.757. The molecular weight excluding hydrogens is 359 g/mol. The van der Waals surface area contributed by atoms with E-state index in [2.05, 4.69) is 20.6 Å². The first-order valence-corrected chi connectivity index (χ1v) is 9.82. The van der Waals surface area contributed by atoms with Gasteiger partial charge in [-0.2, -0.15) is 13.2 Å². The molecule has 142 valence electrons. The molecule has 3 nitrogen and oxygen atoms in total. The van der Waals surface area contributed by atoms with Gasteiger partial charge >= 0.3 is 6.18 Å². The lowest BCUT2D eigenvalue weighted by Crippen LogP contribution is -2.35. The van der Waals surface area contributed by atoms with Crippen molar-refractivity contribution in [2.45, 2.75) is 38.4 Å². The number of aromatic nitrogens is 1. The van der Waals surface area contributed by atoms with Crippen LogP contribution in [0.3, 0.4) is 0 Å². The molecule has 3 rings (SSSR count). The predicted octanol–water partition coefficient (Wildman–Crippen LogP) is 5.05. The van der Waals surface area contributed by atoms with Gasteiger partial charge in [-0.1, -0.05) is 18.2 Å². The van der Waals surface area contributed by atoms with Crippen molar-refractivity contribution in [3.05, 3.63) is 46.5 Å². The molecule has 0 saturated carbocycles. The third kappa shape index (κ3) is 5.20. The van der Waals surface area contributed by atoms with Crippen LogP contribution in [0, 0.1) is 5.92 Å². The average Bonchev–Trinajstić information content (AvgIpc) is 3.07. The monoisotopic (exact) mass is 383 g/mol. The van der Waals surface area contributed by atoms with Gasteiger partial charge in [-0.05, 0) is 49.8 Å². The van der Waals surface area contributed by atoms with E-state index in [1.807, 2.05) is 7.05 Å². The number of rotatable bonds is 6. The fraction of sp³-hybridized carbons (Fsp3) is 0.526. The first-order valence-electron chi connectivity index (χ1n) is 8.94. The summed E-state index contributed by atoms with van der Waals surface area (Å²) < 4.78 is 38.5. The molecule has 0 amide bonds. The summed E-state index contributed by atoms with van der Waals surface area (Å²) in [5.74, 6) is 0.528. The number of thiazole rings is 1. The Labute approximate surface area is 156 Å². The van der Waals surface area contributed by atoms with E-state index in [1.165, 1.54) is 12.1 Å². The number of hydrogen-bond acceptors (Lipinski definition) is 4. The first-order chi connectivity index (χ1) is 12.4. The minimum absolute atomic E-state index is 0.528. The van der Waals surface area contributed by atoms with Gasteiger partial charge in [-0.25, -0.2) is 4.98 Å². The second-order valence-electron chi connectivity index (χ2n) is 6.87. The highest BCUT2D eigenvalue weighted by atomic mass is 32.1. The second-order valence-corrected chi connectivity index (χ2v) is 7.73. The van der Waals surface area contributed by atoms with Crippen molar-refractivity contribution in [3.8, 4) is 0 Å². The summed E-state index contributed by atoms with van der Waals surface area (Å²) in [6.07, 6.45) is -0.359. The highest BCUT2D eigenvalue weighted by molar-refractivity contribution is 7.13. The molecule has 1 N–H and O–H groups in total. The zero-order valence-electron chi connectivity index (χ0n) is 14.9. The SMILES string of the molecule is CNc1nc(CN2CCC[C@@H](CCc3cccc(C(F)(F)F)c3)C2)cs1. The molecule has 1 fully saturated rings. The molecule has 0 unspecified atom stereocenters. The molecule has 0 aliphatic carbocycles. The summed E-state index contributed by atoms with van der Waals surface area (Å²) in [6, 6.07) is 5.73. The Morgan fingerprint density at radius 2 is 2.19 bits per heavy atom. The Morgan fingerprint density at radius 1 is 1.35 bits per heavy atom. The van der Waals surface area contributed by atoms with Crippen molar-refractivity contribution in [1.29, 1.82) is 0 Å². The van der Waals surface area contributed by atoms with E-state index < -0.39 is 11.7 Å². The van der Waals surface area contributed by atoms with Gasteiger partial charge in [0.25, 0.3) is 0 Å². The molecule has 1 atom stereocenters. The van der Waals surface area contributed by atoms with Crippen molar-refractivity contribution in [3.63, 3.8) is 0 Å². The molecular formula is C19H24F3N3S. The van der Waals surface area contributed by atoms with Crippen molar-refractivity contribution < 1.29 is 13.2 Å². The number of hydrogen-bond donors (Lipinski definition) is 1. The van der Waals surface area contributed by atoms with Gasteiger partial charge in [0.1, 0.15) is 0 Å². The van der Waals surface area contributed by atoms with E-state index in [0.717, 1.165) is 61.4 Å². The molecule has 1 aromatic carbocycles. The number of nitrogens with one attached hydrogen (secondary N) is 1. The molecule has 26 heavy (non-hydrogen) atoms. The van der Waals surface area contributed by atoms with Crippen molar-refractivity contribution in [2.24, 2.45) is 5.92 Å². The van der Waals surface area contributed by atoms with Crippen molar-refractivity contribution in [1.82, 2.24) is 9.88 Å². The molecule has 1 saturated heterocycles. The Balaban J connectivity index is 1.52. The maximum Gasteiger partial charge on any atom is 0.416 e. The van der Waals surface area contributed by atoms with Crippen molar-refractivity contribution in [2.75, 3.05) is 25.5 Å². The Hall–Kier alpha value is -1.60. The van der Waals surface area contributed by atoms with Gasteiger partial charge in [0.05, 0.1) is 11.3 Å². The van der Waals surface area contributed by atoms with Gasteiger partial charge in [0, 0.05) is 25.5 Å². The van der Waals surface area contributed by atoms with Gasteiger partial charge in [0.2, 0.25) is 0 Å². The van der Waals surface area contributed by atoms with Crippen LogP contribution in [-0.2, 0) is 19.1 Å². The normalized spacial score (nSPS) is 18.8.